The Morgan fingerprint density at radius 2 is 1.33 bits per heavy atom. The number of pyridine rings is 1. The maximum absolute atomic E-state index is 4.95. The van der Waals surface area contributed by atoms with Crippen molar-refractivity contribution in [1.82, 2.24) is 4.98 Å². The van der Waals surface area contributed by atoms with Crippen molar-refractivity contribution in [1.29, 1.82) is 0 Å². The van der Waals surface area contributed by atoms with Crippen LogP contribution in [0.3, 0.4) is 0 Å². The van der Waals surface area contributed by atoms with Gasteiger partial charge in [-0.2, -0.15) is 0 Å². The molecule has 4 aromatic carbocycles. The summed E-state index contributed by atoms with van der Waals surface area (Å²) >= 11 is 0. The summed E-state index contributed by atoms with van der Waals surface area (Å²) in [5.41, 5.74) is 7.13. The first kappa shape index (κ1) is 23.2. The highest BCUT2D eigenvalue weighted by atomic mass is 14.7. The van der Waals surface area contributed by atoms with Gasteiger partial charge in [0.25, 0.3) is 0 Å². The van der Waals surface area contributed by atoms with Gasteiger partial charge in [0.1, 0.15) is 0 Å². The molecule has 0 atom stereocenters. The molecule has 1 heteroatoms. The van der Waals surface area contributed by atoms with Crippen LogP contribution < -0.4 is 0 Å². The second-order valence-electron chi connectivity index (χ2n) is 13.2. The fourth-order valence-corrected chi connectivity index (χ4v) is 6.55. The van der Waals surface area contributed by atoms with Gasteiger partial charge in [0.05, 0.1) is 5.69 Å². The Morgan fingerprint density at radius 1 is 0.667 bits per heavy atom. The lowest BCUT2D eigenvalue weighted by molar-refractivity contribution is 0.334. The topological polar surface area (TPSA) is 12.9 Å². The van der Waals surface area contributed by atoms with E-state index in [1.807, 2.05) is 6.20 Å². The largest absolute Gasteiger partial charge is 0.256 e. The molecule has 0 saturated carbocycles. The zero-order valence-electron chi connectivity index (χ0n) is 22.8. The van der Waals surface area contributed by atoms with Crippen molar-refractivity contribution in [2.24, 2.45) is 0 Å². The van der Waals surface area contributed by atoms with Gasteiger partial charge < -0.3 is 0 Å². The smallest absolute Gasteiger partial charge is 0.0780 e. The molecule has 1 aliphatic rings. The third-order valence-electron chi connectivity index (χ3n) is 8.67. The van der Waals surface area contributed by atoms with E-state index in [-0.39, 0.29) is 16.2 Å². The lowest BCUT2D eigenvalue weighted by atomic mass is 9.62. The SMILES string of the molecule is CC(C)(C)c1cc(-c2nccc3c2ccc2c4c(ccc23)C(C)(C)CCC4(C)C)cc2ccccc12. The minimum absolute atomic E-state index is 0.0460. The number of rotatable bonds is 1. The van der Waals surface area contributed by atoms with E-state index in [0.29, 0.717) is 0 Å². The van der Waals surface area contributed by atoms with E-state index in [4.69, 9.17) is 4.98 Å². The summed E-state index contributed by atoms with van der Waals surface area (Å²) in [4.78, 5) is 4.95. The number of fused-ring (bicyclic) bond motifs is 6. The van der Waals surface area contributed by atoms with Crippen LogP contribution in [0.25, 0.3) is 43.6 Å². The van der Waals surface area contributed by atoms with E-state index >= 15 is 0 Å². The molecule has 0 fully saturated rings. The average molecular weight is 472 g/mol. The van der Waals surface area contributed by atoms with Crippen molar-refractivity contribution in [2.45, 2.75) is 77.6 Å². The van der Waals surface area contributed by atoms with Crippen LogP contribution in [0.4, 0.5) is 0 Å². The Bertz CT molecular complexity index is 1660. The van der Waals surface area contributed by atoms with Crippen molar-refractivity contribution in [3.8, 4) is 11.3 Å². The summed E-state index contributed by atoms with van der Waals surface area (Å²) in [6.45, 7) is 16.6. The molecular formula is C35H37N. The van der Waals surface area contributed by atoms with Gasteiger partial charge >= 0.3 is 0 Å². The quantitative estimate of drug-likeness (QED) is 0.222. The zero-order valence-corrected chi connectivity index (χ0v) is 22.8. The first-order chi connectivity index (χ1) is 17.0. The standard InChI is InChI=1S/C35H37N/c1-33(2,3)30-21-23(20-22-10-8-9-11-24(22)30)32-28-13-12-27-25(26(28)16-19-36-32)14-15-29-31(27)35(6,7)18-17-34(29,4)5/h8-16,19-21H,17-18H2,1-7H3. The summed E-state index contributed by atoms with van der Waals surface area (Å²) in [6.07, 6.45) is 4.45. The second kappa shape index (κ2) is 7.65. The molecule has 36 heavy (non-hydrogen) atoms. The van der Waals surface area contributed by atoms with Crippen LogP contribution >= 0.6 is 0 Å². The fourth-order valence-electron chi connectivity index (χ4n) is 6.55. The van der Waals surface area contributed by atoms with Gasteiger partial charge in [-0.25, -0.2) is 0 Å². The van der Waals surface area contributed by atoms with Crippen molar-refractivity contribution < 1.29 is 0 Å². The van der Waals surface area contributed by atoms with Gasteiger partial charge in [0.2, 0.25) is 0 Å². The molecule has 0 aliphatic heterocycles. The minimum Gasteiger partial charge on any atom is -0.256 e. The van der Waals surface area contributed by atoms with E-state index in [2.05, 4.69) is 115 Å². The maximum Gasteiger partial charge on any atom is 0.0780 e. The van der Waals surface area contributed by atoms with E-state index in [1.165, 1.54) is 67.4 Å². The lowest BCUT2D eigenvalue weighted by Gasteiger charge is -2.42. The summed E-state index contributed by atoms with van der Waals surface area (Å²) in [7, 11) is 0. The van der Waals surface area contributed by atoms with Gasteiger partial charge in [-0.15, -0.1) is 0 Å². The molecule has 0 radical (unpaired) electrons. The molecule has 0 unspecified atom stereocenters. The predicted molar refractivity (Wildman–Crippen MR) is 156 cm³/mol. The minimum atomic E-state index is 0.0460. The molecule has 6 rings (SSSR count). The molecule has 1 aliphatic carbocycles. The Balaban J connectivity index is 1.65. The van der Waals surface area contributed by atoms with Gasteiger partial charge in [-0.05, 0) is 90.9 Å². The van der Waals surface area contributed by atoms with E-state index in [1.54, 1.807) is 0 Å². The number of aromatic nitrogens is 1. The molecule has 182 valence electrons. The zero-order chi connectivity index (χ0) is 25.5. The molecule has 1 aromatic heterocycles. The number of benzene rings is 4. The third kappa shape index (κ3) is 3.47. The Morgan fingerprint density at radius 3 is 2.11 bits per heavy atom. The lowest BCUT2D eigenvalue weighted by Crippen LogP contribution is -2.34. The van der Waals surface area contributed by atoms with Gasteiger partial charge in [-0.1, -0.05) is 97.0 Å². The van der Waals surface area contributed by atoms with Gasteiger partial charge in [-0.3, -0.25) is 4.98 Å². The van der Waals surface area contributed by atoms with Crippen LogP contribution in [-0.2, 0) is 16.2 Å². The van der Waals surface area contributed by atoms with E-state index in [9.17, 15) is 0 Å². The van der Waals surface area contributed by atoms with Crippen molar-refractivity contribution >= 4 is 32.3 Å². The molecule has 0 saturated heterocycles. The average Bonchev–Trinajstić information content (AvgIpc) is 2.84. The van der Waals surface area contributed by atoms with E-state index in [0.717, 1.165) is 5.69 Å². The van der Waals surface area contributed by atoms with Crippen LogP contribution in [0.2, 0.25) is 0 Å². The van der Waals surface area contributed by atoms with Crippen LogP contribution in [0.15, 0.2) is 72.9 Å². The highest BCUT2D eigenvalue weighted by Gasteiger charge is 2.38. The number of hydrogen-bond acceptors (Lipinski definition) is 1. The number of nitrogens with zero attached hydrogens (tertiary/aromatic N) is 1. The third-order valence-corrected chi connectivity index (χ3v) is 8.67. The second-order valence-corrected chi connectivity index (χ2v) is 13.2. The molecular weight excluding hydrogens is 434 g/mol. The molecule has 0 bridgehead atoms. The molecule has 1 heterocycles. The summed E-state index contributed by atoms with van der Waals surface area (Å²) in [5, 5.41) is 7.88. The molecule has 1 nitrogen and oxygen atoms in total. The first-order valence-electron chi connectivity index (χ1n) is 13.4. The predicted octanol–water partition coefficient (Wildman–Crippen LogP) is 9.85. The Hall–Kier alpha value is -3.19. The molecule has 0 N–H and O–H groups in total. The van der Waals surface area contributed by atoms with Crippen molar-refractivity contribution in [3.63, 3.8) is 0 Å². The Kier molecular flexibility index (Phi) is 4.94. The summed E-state index contributed by atoms with van der Waals surface area (Å²) < 4.78 is 0. The van der Waals surface area contributed by atoms with Crippen molar-refractivity contribution in [3.05, 3.63) is 89.6 Å². The van der Waals surface area contributed by atoms with Gasteiger partial charge in [0, 0.05) is 17.1 Å². The molecule has 5 aromatic rings. The maximum atomic E-state index is 4.95. The highest BCUT2D eigenvalue weighted by molar-refractivity contribution is 6.13. The molecule has 0 amide bonds. The number of hydrogen-bond donors (Lipinski definition) is 0. The van der Waals surface area contributed by atoms with Gasteiger partial charge in [0.15, 0.2) is 0 Å². The van der Waals surface area contributed by atoms with Crippen molar-refractivity contribution in [2.75, 3.05) is 0 Å². The first-order valence-corrected chi connectivity index (χ1v) is 13.4. The van der Waals surface area contributed by atoms with Crippen LogP contribution in [0.5, 0.6) is 0 Å². The fraction of sp³-hybridized carbons (Fsp3) is 0.343. The summed E-state index contributed by atoms with van der Waals surface area (Å²) in [5.74, 6) is 0. The monoisotopic (exact) mass is 471 g/mol. The van der Waals surface area contributed by atoms with Crippen LogP contribution in [0.1, 0.15) is 78.0 Å². The Labute approximate surface area is 215 Å². The van der Waals surface area contributed by atoms with E-state index < -0.39 is 0 Å². The van der Waals surface area contributed by atoms with Crippen LogP contribution in [-0.4, -0.2) is 4.98 Å². The summed E-state index contributed by atoms with van der Waals surface area (Å²) in [6, 6.07) is 25.1. The molecule has 0 spiro atoms. The highest BCUT2D eigenvalue weighted by Crippen LogP contribution is 2.49. The van der Waals surface area contributed by atoms with Crippen LogP contribution in [0, 0.1) is 0 Å². The normalized spacial score (nSPS) is 17.0.